The van der Waals surface area contributed by atoms with Crippen molar-refractivity contribution in [1.29, 1.82) is 0 Å². The molecule has 0 N–H and O–H groups in total. The van der Waals surface area contributed by atoms with Crippen molar-refractivity contribution < 1.29 is 13.9 Å². The van der Waals surface area contributed by atoms with Crippen molar-refractivity contribution in [2.24, 2.45) is 0 Å². The van der Waals surface area contributed by atoms with Crippen LogP contribution in [0, 0.1) is 0 Å². The van der Waals surface area contributed by atoms with Gasteiger partial charge < -0.3 is 14.1 Å². The number of rotatable bonds is 3. The molecule has 0 fully saturated rings. The number of anilines is 1. The monoisotopic (exact) mass is 333 g/mol. The summed E-state index contributed by atoms with van der Waals surface area (Å²) in [5.74, 6) is 1.74. The van der Waals surface area contributed by atoms with Crippen molar-refractivity contribution in [2.45, 2.75) is 12.8 Å². The number of para-hydroxylation sites is 1. The summed E-state index contributed by atoms with van der Waals surface area (Å²) in [6.45, 7) is 0.717. The van der Waals surface area contributed by atoms with Crippen LogP contribution in [-0.4, -0.2) is 19.6 Å². The van der Waals surface area contributed by atoms with Gasteiger partial charge in [0.2, 0.25) is 0 Å². The van der Waals surface area contributed by atoms with Crippen LogP contribution in [0.15, 0.2) is 65.1 Å². The van der Waals surface area contributed by atoms with E-state index in [0.29, 0.717) is 18.1 Å². The number of carbonyl (C=O) groups is 1. The van der Waals surface area contributed by atoms with Crippen LogP contribution in [0.1, 0.15) is 22.5 Å². The molecule has 0 saturated heterocycles. The van der Waals surface area contributed by atoms with E-state index < -0.39 is 0 Å². The van der Waals surface area contributed by atoms with E-state index >= 15 is 0 Å². The van der Waals surface area contributed by atoms with Crippen LogP contribution >= 0.6 is 0 Å². The van der Waals surface area contributed by atoms with Gasteiger partial charge in [0.15, 0.2) is 5.76 Å². The fourth-order valence-electron chi connectivity index (χ4n) is 3.24. The summed E-state index contributed by atoms with van der Waals surface area (Å²) < 4.78 is 11.0. The number of carbonyl (C=O) groups excluding carboxylic acids is 1. The first kappa shape index (κ1) is 15.5. The molecule has 1 aliphatic heterocycles. The Morgan fingerprint density at radius 3 is 2.64 bits per heavy atom. The second-order valence-electron chi connectivity index (χ2n) is 6.08. The van der Waals surface area contributed by atoms with Crippen LogP contribution < -0.4 is 9.64 Å². The third kappa shape index (κ3) is 2.91. The van der Waals surface area contributed by atoms with E-state index in [9.17, 15) is 4.79 Å². The van der Waals surface area contributed by atoms with E-state index in [4.69, 9.17) is 9.15 Å². The molecule has 4 nitrogen and oxygen atoms in total. The predicted octanol–water partition coefficient (Wildman–Crippen LogP) is 4.55. The Morgan fingerprint density at radius 2 is 1.84 bits per heavy atom. The highest BCUT2D eigenvalue weighted by Gasteiger charge is 2.25. The molecular weight excluding hydrogens is 314 g/mol. The maximum atomic E-state index is 12.9. The summed E-state index contributed by atoms with van der Waals surface area (Å²) in [6.07, 6.45) is 1.98. The molecule has 2 aromatic carbocycles. The standard InChI is InChI=1S/C21H19NO3/c1-24-17-10-8-16(9-11-17)19-12-13-20(25-19)21(23)22-14-4-6-15-5-2-3-7-18(15)22/h2-3,5,7-13H,4,6,14H2,1H3. The van der Waals surface area contributed by atoms with Gasteiger partial charge in [0.1, 0.15) is 11.5 Å². The first-order valence-corrected chi connectivity index (χ1v) is 8.40. The number of hydrogen-bond acceptors (Lipinski definition) is 3. The second kappa shape index (κ2) is 6.48. The normalized spacial score (nSPS) is 13.4. The average molecular weight is 333 g/mol. The zero-order chi connectivity index (χ0) is 17.2. The van der Waals surface area contributed by atoms with Gasteiger partial charge in [-0.15, -0.1) is 0 Å². The number of furan rings is 1. The first-order chi connectivity index (χ1) is 12.3. The smallest absolute Gasteiger partial charge is 0.293 e. The van der Waals surface area contributed by atoms with Crippen LogP contribution in [-0.2, 0) is 6.42 Å². The summed E-state index contributed by atoms with van der Waals surface area (Å²) in [6, 6.07) is 19.2. The summed E-state index contributed by atoms with van der Waals surface area (Å²) >= 11 is 0. The van der Waals surface area contributed by atoms with Gasteiger partial charge in [0, 0.05) is 17.8 Å². The number of ether oxygens (including phenoxy) is 1. The minimum Gasteiger partial charge on any atom is -0.497 e. The van der Waals surface area contributed by atoms with Gasteiger partial charge >= 0.3 is 0 Å². The van der Waals surface area contributed by atoms with Gasteiger partial charge in [0.05, 0.1) is 7.11 Å². The quantitative estimate of drug-likeness (QED) is 0.706. The topological polar surface area (TPSA) is 42.7 Å². The Labute approximate surface area is 146 Å². The number of hydrogen-bond donors (Lipinski definition) is 0. The van der Waals surface area contributed by atoms with Gasteiger partial charge in [-0.3, -0.25) is 4.79 Å². The largest absolute Gasteiger partial charge is 0.497 e. The van der Waals surface area contributed by atoms with E-state index in [2.05, 4.69) is 6.07 Å². The SMILES string of the molecule is COc1ccc(-c2ccc(C(=O)N3CCCc4ccccc43)o2)cc1. The number of methoxy groups -OCH3 is 1. The molecule has 0 unspecified atom stereocenters. The lowest BCUT2D eigenvalue weighted by Crippen LogP contribution is -2.35. The highest BCUT2D eigenvalue weighted by atomic mass is 16.5. The minimum absolute atomic E-state index is 0.0908. The Hall–Kier alpha value is -3.01. The van der Waals surface area contributed by atoms with E-state index in [1.54, 1.807) is 13.2 Å². The number of nitrogens with zero attached hydrogens (tertiary/aromatic N) is 1. The molecule has 25 heavy (non-hydrogen) atoms. The molecule has 1 aromatic heterocycles. The van der Waals surface area contributed by atoms with Crippen molar-refractivity contribution in [1.82, 2.24) is 0 Å². The molecule has 2 heterocycles. The first-order valence-electron chi connectivity index (χ1n) is 8.40. The third-order valence-corrected chi connectivity index (χ3v) is 4.55. The van der Waals surface area contributed by atoms with Gasteiger partial charge in [-0.05, 0) is 60.9 Å². The second-order valence-corrected chi connectivity index (χ2v) is 6.08. The summed E-state index contributed by atoms with van der Waals surface area (Å²) in [5, 5.41) is 0. The lowest BCUT2D eigenvalue weighted by atomic mass is 10.0. The zero-order valence-corrected chi connectivity index (χ0v) is 14.1. The fourth-order valence-corrected chi connectivity index (χ4v) is 3.24. The molecule has 1 aliphatic rings. The molecule has 0 radical (unpaired) electrons. The van der Waals surface area contributed by atoms with E-state index in [0.717, 1.165) is 29.8 Å². The van der Waals surface area contributed by atoms with Gasteiger partial charge in [-0.1, -0.05) is 18.2 Å². The molecule has 4 rings (SSSR count). The summed E-state index contributed by atoms with van der Waals surface area (Å²) in [7, 11) is 1.63. The van der Waals surface area contributed by atoms with Gasteiger partial charge in [-0.25, -0.2) is 0 Å². The molecule has 0 bridgehead atoms. The molecule has 0 saturated carbocycles. The van der Waals surface area contributed by atoms with Crippen molar-refractivity contribution in [2.75, 3.05) is 18.6 Å². The number of amides is 1. The number of benzene rings is 2. The molecule has 0 atom stereocenters. The van der Waals surface area contributed by atoms with E-state index in [1.165, 1.54) is 5.56 Å². The van der Waals surface area contributed by atoms with Crippen molar-refractivity contribution in [3.05, 3.63) is 72.0 Å². The predicted molar refractivity (Wildman–Crippen MR) is 97.1 cm³/mol. The highest BCUT2D eigenvalue weighted by molar-refractivity contribution is 6.05. The average Bonchev–Trinajstić information content (AvgIpc) is 3.17. The Kier molecular flexibility index (Phi) is 4.02. The maximum absolute atomic E-state index is 12.9. The van der Waals surface area contributed by atoms with Crippen molar-refractivity contribution >= 4 is 11.6 Å². The summed E-state index contributed by atoms with van der Waals surface area (Å²) in [5.41, 5.74) is 3.11. The highest BCUT2D eigenvalue weighted by Crippen LogP contribution is 2.30. The summed E-state index contributed by atoms with van der Waals surface area (Å²) in [4.78, 5) is 14.7. The van der Waals surface area contributed by atoms with Crippen molar-refractivity contribution in [3.8, 4) is 17.1 Å². The van der Waals surface area contributed by atoms with E-state index in [-0.39, 0.29) is 5.91 Å². The van der Waals surface area contributed by atoms with E-state index in [1.807, 2.05) is 53.4 Å². The molecule has 0 spiro atoms. The molecular formula is C21H19NO3. The lowest BCUT2D eigenvalue weighted by molar-refractivity contribution is 0.0959. The third-order valence-electron chi connectivity index (χ3n) is 4.55. The van der Waals surface area contributed by atoms with Gasteiger partial charge in [-0.2, -0.15) is 0 Å². The van der Waals surface area contributed by atoms with Crippen molar-refractivity contribution in [3.63, 3.8) is 0 Å². The lowest BCUT2D eigenvalue weighted by Gasteiger charge is -2.28. The Balaban J connectivity index is 1.61. The molecule has 1 amide bonds. The van der Waals surface area contributed by atoms with Crippen LogP contribution in [0.25, 0.3) is 11.3 Å². The number of aryl methyl sites for hydroxylation is 1. The minimum atomic E-state index is -0.0908. The fraction of sp³-hybridized carbons (Fsp3) is 0.190. The van der Waals surface area contributed by atoms with Crippen LogP contribution in [0.4, 0.5) is 5.69 Å². The molecule has 4 heteroatoms. The molecule has 0 aliphatic carbocycles. The van der Waals surface area contributed by atoms with Crippen LogP contribution in [0.3, 0.4) is 0 Å². The number of fused-ring (bicyclic) bond motifs is 1. The zero-order valence-electron chi connectivity index (χ0n) is 14.1. The van der Waals surface area contributed by atoms with Crippen LogP contribution in [0.5, 0.6) is 5.75 Å². The van der Waals surface area contributed by atoms with Gasteiger partial charge in [0.25, 0.3) is 5.91 Å². The Bertz CT molecular complexity index is 896. The Morgan fingerprint density at radius 1 is 1.04 bits per heavy atom. The molecule has 3 aromatic rings. The maximum Gasteiger partial charge on any atom is 0.293 e. The van der Waals surface area contributed by atoms with Crippen LogP contribution in [0.2, 0.25) is 0 Å². The molecule has 126 valence electrons.